The molecule has 0 spiro atoms. The van der Waals surface area contributed by atoms with Crippen molar-refractivity contribution in [1.82, 2.24) is 9.97 Å². The molecule has 0 radical (unpaired) electrons. The lowest BCUT2D eigenvalue weighted by molar-refractivity contribution is 0.266. The summed E-state index contributed by atoms with van der Waals surface area (Å²) in [4.78, 5) is 8.36. The lowest BCUT2D eigenvalue weighted by atomic mass is 10.0. The predicted molar refractivity (Wildman–Crippen MR) is 58.4 cm³/mol. The molecule has 1 aromatic heterocycles. The van der Waals surface area contributed by atoms with Crippen molar-refractivity contribution in [2.75, 3.05) is 13.2 Å². The Labute approximate surface area is 87.8 Å². The monoisotopic (exact) mass is 203 g/mol. The number of aliphatic hydroxyl groups is 1. The number of benzene rings is 1. The number of para-hydroxylation sites is 1. The number of aliphatic hydroxyl groups excluding tert-OH is 1. The summed E-state index contributed by atoms with van der Waals surface area (Å²) in [5, 5.41) is 10.2. The lowest BCUT2D eigenvalue weighted by Crippen LogP contribution is -2.17. The zero-order chi connectivity index (χ0) is 10.7. The van der Waals surface area contributed by atoms with E-state index in [9.17, 15) is 5.11 Å². The van der Waals surface area contributed by atoms with Crippen molar-refractivity contribution < 1.29 is 5.11 Å². The molecule has 2 aromatic rings. The second-order valence-electron chi connectivity index (χ2n) is 3.39. The molecule has 0 bridgehead atoms. The van der Waals surface area contributed by atoms with E-state index in [2.05, 4.69) is 9.97 Å². The summed E-state index contributed by atoms with van der Waals surface area (Å²) >= 11 is 0. The van der Waals surface area contributed by atoms with E-state index in [0.717, 1.165) is 16.6 Å². The fraction of sp³-hybridized carbons (Fsp3) is 0.273. The molecule has 0 saturated carbocycles. The Balaban J connectivity index is 2.59. The molecule has 0 amide bonds. The van der Waals surface area contributed by atoms with Crippen LogP contribution in [-0.2, 0) is 0 Å². The number of rotatable bonds is 3. The van der Waals surface area contributed by atoms with Crippen LogP contribution in [-0.4, -0.2) is 28.2 Å². The molecule has 1 unspecified atom stereocenters. The van der Waals surface area contributed by atoms with Crippen LogP contribution in [0.25, 0.3) is 10.9 Å². The van der Waals surface area contributed by atoms with Gasteiger partial charge in [0.25, 0.3) is 0 Å². The van der Waals surface area contributed by atoms with Crippen LogP contribution >= 0.6 is 0 Å². The van der Waals surface area contributed by atoms with Crippen molar-refractivity contribution in [1.29, 1.82) is 0 Å². The Kier molecular flexibility index (Phi) is 2.89. The van der Waals surface area contributed by atoms with Crippen LogP contribution in [0.4, 0.5) is 0 Å². The first-order valence-electron chi connectivity index (χ1n) is 4.87. The first-order valence-corrected chi connectivity index (χ1v) is 4.87. The van der Waals surface area contributed by atoms with Crippen LogP contribution in [0.5, 0.6) is 0 Å². The van der Waals surface area contributed by atoms with Crippen LogP contribution in [0.1, 0.15) is 11.6 Å². The van der Waals surface area contributed by atoms with Crippen LogP contribution in [0.15, 0.2) is 30.6 Å². The van der Waals surface area contributed by atoms with Gasteiger partial charge in [0, 0.05) is 17.8 Å². The third kappa shape index (κ3) is 1.82. The fourth-order valence-electron chi connectivity index (χ4n) is 1.62. The van der Waals surface area contributed by atoms with Gasteiger partial charge < -0.3 is 10.8 Å². The normalized spacial score (nSPS) is 12.9. The minimum absolute atomic E-state index is 0.0114. The molecule has 78 valence electrons. The van der Waals surface area contributed by atoms with Gasteiger partial charge in [0.05, 0.1) is 17.8 Å². The fourth-order valence-corrected chi connectivity index (χ4v) is 1.62. The molecule has 0 saturated heterocycles. The van der Waals surface area contributed by atoms with Gasteiger partial charge in [0.1, 0.15) is 6.33 Å². The molecule has 4 nitrogen and oxygen atoms in total. The van der Waals surface area contributed by atoms with Gasteiger partial charge in [-0.1, -0.05) is 18.2 Å². The Hall–Kier alpha value is -1.52. The molecule has 2 rings (SSSR count). The summed E-state index contributed by atoms with van der Waals surface area (Å²) < 4.78 is 0. The third-order valence-corrected chi connectivity index (χ3v) is 2.47. The Morgan fingerprint density at radius 2 is 2.07 bits per heavy atom. The highest BCUT2D eigenvalue weighted by Gasteiger charge is 2.13. The number of nitrogens with two attached hydrogens (primary N) is 1. The molecular weight excluding hydrogens is 190 g/mol. The predicted octanol–water partition coefficient (Wildman–Crippen LogP) is 0.664. The Morgan fingerprint density at radius 3 is 2.80 bits per heavy atom. The molecule has 3 N–H and O–H groups in total. The number of hydrogen-bond acceptors (Lipinski definition) is 4. The topological polar surface area (TPSA) is 72.0 Å². The largest absolute Gasteiger partial charge is 0.396 e. The standard InChI is InChI=1S/C11H13N3O/c12-5-8(6-15)11-9-3-1-2-4-10(9)13-7-14-11/h1-4,7-8,15H,5-6,12H2. The van der Waals surface area contributed by atoms with Gasteiger partial charge in [-0.05, 0) is 6.07 Å². The minimum atomic E-state index is -0.113. The Morgan fingerprint density at radius 1 is 1.27 bits per heavy atom. The van der Waals surface area contributed by atoms with Crippen molar-refractivity contribution in [3.63, 3.8) is 0 Å². The zero-order valence-electron chi connectivity index (χ0n) is 8.30. The van der Waals surface area contributed by atoms with E-state index in [1.807, 2.05) is 24.3 Å². The van der Waals surface area contributed by atoms with Crippen LogP contribution in [0.3, 0.4) is 0 Å². The van der Waals surface area contributed by atoms with Gasteiger partial charge in [0.15, 0.2) is 0 Å². The van der Waals surface area contributed by atoms with E-state index in [1.165, 1.54) is 6.33 Å². The molecule has 1 atom stereocenters. The minimum Gasteiger partial charge on any atom is -0.396 e. The third-order valence-electron chi connectivity index (χ3n) is 2.47. The van der Waals surface area contributed by atoms with Crippen LogP contribution in [0.2, 0.25) is 0 Å². The zero-order valence-corrected chi connectivity index (χ0v) is 8.30. The number of nitrogens with zero attached hydrogens (tertiary/aromatic N) is 2. The van der Waals surface area contributed by atoms with E-state index < -0.39 is 0 Å². The molecule has 15 heavy (non-hydrogen) atoms. The van der Waals surface area contributed by atoms with Crippen molar-refractivity contribution >= 4 is 10.9 Å². The van der Waals surface area contributed by atoms with E-state index in [-0.39, 0.29) is 12.5 Å². The summed E-state index contributed by atoms with van der Waals surface area (Å²) in [6.45, 7) is 0.398. The summed E-state index contributed by atoms with van der Waals surface area (Å²) in [5.74, 6) is -0.113. The highest BCUT2D eigenvalue weighted by molar-refractivity contribution is 5.80. The average molecular weight is 203 g/mol. The second-order valence-corrected chi connectivity index (χ2v) is 3.39. The Bertz CT molecular complexity index is 449. The smallest absolute Gasteiger partial charge is 0.116 e. The van der Waals surface area contributed by atoms with E-state index in [0.29, 0.717) is 6.54 Å². The van der Waals surface area contributed by atoms with Gasteiger partial charge in [0.2, 0.25) is 0 Å². The van der Waals surface area contributed by atoms with E-state index in [4.69, 9.17) is 5.73 Å². The molecule has 0 fully saturated rings. The van der Waals surface area contributed by atoms with Gasteiger partial charge >= 0.3 is 0 Å². The quantitative estimate of drug-likeness (QED) is 0.768. The molecule has 1 heterocycles. The van der Waals surface area contributed by atoms with Gasteiger partial charge in [-0.2, -0.15) is 0 Å². The molecule has 0 aliphatic carbocycles. The summed E-state index contributed by atoms with van der Waals surface area (Å²) in [5.41, 5.74) is 7.29. The molecule has 1 aromatic carbocycles. The van der Waals surface area contributed by atoms with Crippen molar-refractivity contribution in [3.05, 3.63) is 36.3 Å². The van der Waals surface area contributed by atoms with Crippen molar-refractivity contribution in [2.45, 2.75) is 5.92 Å². The van der Waals surface area contributed by atoms with E-state index >= 15 is 0 Å². The maximum absolute atomic E-state index is 9.20. The highest BCUT2D eigenvalue weighted by atomic mass is 16.3. The SMILES string of the molecule is NCC(CO)c1ncnc2ccccc12. The van der Waals surface area contributed by atoms with Crippen LogP contribution in [0, 0.1) is 0 Å². The molecule has 4 heteroatoms. The first-order chi connectivity index (χ1) is 7.36. The van der Waals surface area contributed by atoms with Gasteiger partial charge in [-0.3, -0.25) is 0 Å². The number of hydrogen-bond donors (Lipinski definition) is 2. The molecule has 0 aliphatic heterocycles. The second kappa shape index (κ2) is 4.33. The summed E-state index contributed by atoms with van der Waals surface area (Å²) in [7, 11) is 0. The molecule has 0 aliphatic rings. The lowest BCUT2D eigenvalue weighted by Gasteiger charge is -2.12. The summed E-state index contributed by atoms with van der Waals surface area (Å²) in [6, 6.07) is 7.73. The highest BCUT2D eigenvalue weighted by Crippen LogP contribution is 2.20. The maximum Gasteiger partial charge on any atom is 0.116 e. The first kappa shape index (κ1) is 10.0. The number of aromatic nitrogens is 2. The van der Waals surface area contributed by atoms with Crippen LogP contribution < -0.4 is 5.73 Å². The van der Waals surface area contributed by atoms with Crippen molar-refractivity contribution in [3.8, 4) is 0 Å². The van der Waals surface area contributed by atoms with Gasteiger partial charge in [-0.25, -0.2) is 9.97 Å². The average Bonchev–Trinajstić information content (AvgIpc) is 2.31. The maximum atomic E-state index is 9.20. The van der Waals surface area contributed by atoms with Crippen molar-refractivity contribution in [2.24, 2.45) is 5.73 Å². The summed E-state index contributed by atoms with van der Waals surface area (Å²) in [6.07, 6.45) is 1.51. The van der Waals surface area contributed by atoms with Gasteiger partial charge in [-0.15, -0.1) is 0 Å². The van der Waals surface area contributed by atoms with E-state index in [1.54, 1.807) is 0 Å². The molecular formula is C11H13N3O. The number of fused-ring (bicyclic) bond motifs is 1.